The van der Waals surface area contributed by atoms with Crippen LogP contribution in [0.3, 0.4) is 0 Å². The molecule has 8 atom stereocenters. The van der Waals surface area contributed by atoms with Gasteiger partial charge in [-0.15, -0.1) is 0 Å². The maximum Gasteiger partial charge on any atom is 0.165 e. The summed E-state index contributed by atoms with van der Waals surface area (Å²) in [5.41, 5.74) is 0.666. The summed E-state index contributed by atoms with van der Waals surface area (Å²) in [6, 6.07) is 4.41. The lowest BCUT2D eigenvalue weighted by Gasteiger charge is -2.75. The number of aliphatic hydroxyl groups is 1. The fraction of sp³-hybridized carbons (Fsp3) is 0.800. The van der Waals surface area contributed by atoms with Gasteiger partial charge in [0.1, 0.15) is 11.7 Å². The third-order valence-electron chi connectivity index (χ3n) is 11.9. The van der Waals surface area contributed by atoms with Crippen molar-refractivity contribution in [3.8, 4) is 11.5 Å². The Kier molecular flexibility index (Phi) is 4.93. The van der Waals surface area contributed by atoms with Crippen LogP contribution in [0.1, 0.15) is 84.8 Å². The number of phenols is 1. The molecule has 1 aromatic carbocycles. The summed E-state index contributed by atoms with van der Waals surface area (Å²) in [6.45, 7) is 15.3. The van der Waals surface area contributed by atoms with E-state index >= 15 is 0 Å². The van der Waals surface area contributed by atoms with E-state index in [2.05, 4.69) is 45.6 Å². The quantitative estimate of drug-likeness (QED) is 0.614. The molecule has 4 bridgehead atoms. The Balaban J connectivity index is 1.59. The molecule has 194 valence electrons. The van der Waals surface area contributed by atoms with Crippen LogP contribution in [0.2, 0.25) is 0 Å². The predicted octanol–water partition coefficient (Wildman–Crippen LogP) is 5.05. The van der Waals surface area contributed by atoms with Gasteiger partial charge in [-0.1, -0.05) is 47.1 Å². The molecule has 6 aliphatic rings. The molecule has 2 aliphatic heterocycles. The standard InChI is InChI=1S/C30H45NO4/c1-8-18(2)17-31-14-13-29-23-19-9-10-20(32)24(23)35-25(29)30(34-7)12-11-28(29,22(31)15-19)16-21(30)27(6,33)26(3,4)5/h9-10,18,21-22,25,32-33H,8,11-17H2,1-7H3. The van der Waals surface area contributed by atoms with Crippen LogP contribution in [0.15, 0.2) is 12.1 Å². The van der Waals surface area contributed by atoms with Crippen LogP contribution in [0.25, 0.3) is 0 Å². The predicted molar refractivity (Wildman–Crippen MR) is 137 cm³/mol. The average Bonchev–Trinajstić information content (AvgIpc) is 3.18. The van der Waals surface area contributed by atoms with Gasteiger partial charge in [0.15, 0.2) is 11.5 Å². The molecule has 2 N–H and O–H groups in total. The Bertz CT molecular complexity index is 1050. The normalized spacial score (nSPS) is 41.8. The minimum absolute atomic E-state index is 0.00953. The van der Waals surface area contributed by atoms with Crippen LogP contribution in [-0.4, -0.2) is 58.7 Å². The molecule has 4 aliphatic carbocycles. The number of aromatic hydroxyl groups is 1. The van der Waals surface area contributed by atoms with Gasteiger partial charge in [-0.05, 0) is 68.5 Å². The topological polar surface area (TPSA) is 62.2 Å². The zero-order chi connectivity index (χ0) is 25.2. The number of phenolic OH excluding ortho intramolecular Hbond substituents is 1. The minimum atomic E-state index is -0.922. The van der Waals surface area contributed by atoms with E-state index in [0.29, 0.717) is 17.7 Å². The Morgan fingerprint density at radius 2 is 1.94 bits per heavy atom. The first-order chi connectivity index (χ1) is 16.4. The largest absolute Gasteiger partial charge is 0.504 e. The zero-order valence-corrected chi connectivity index (χ0v) is 22.8. The third kappa shape index (κ3) is 2.61. The smallest absolute Gasteiger partial charge is 0.165 e. The van der Waals surface area contributed by atoms with Crippen LogP contribution in [0.4, 0.5) is 0 Å². The fourth-order valence-corrected chi connectivity index (χ4v) is 9.48. The van der Waals surface area contributed by atoms with Crippen molar-refractivity contribution in [2.45, 2.75) is 109 Å². The van der Waals surface area contributed by atoms with Crippen molar-refractivity contribution in [3.05, 3.63) is 23.3 Å². The van der Waals surface area contributed by atoms with Crippen LogP contribution < -0.4 is 4.74 Å². The van der Waals surface area contributed by atoms with Crippen molar-refractivity contribution in [1.29, 1.82) is 0 Å². The molecule has 7 rings (SSSR count). The number of ether oxygens (including phenoxy) is 2. The Morgan fingerprint density at radius 1 is 1.20 bits per heavy atom. The van der Waals surface area contributed by atoms with Gasteiger partial charge in [-0.2, -0.15) is 0 Å². The molecule has 3 saturated carbocycles. The van der Waals surface area contributed by atoms with Gasteiger partial charge in [0.25, 0.3) is 0 Å². The van der Waals surface area contributed by atoms with Crippen LogP contribution in [0, 0.1) is 22.7 Å². The van der Waals surface area contributed by atoms with Crippen molar-refractivity contribution in [2.75, 3.05) is 20.2 Å². The number of piperidine rings is 1. The number of methoxy groups -OCH3 is 1. The highest BCUT2D eigenvalue weighted by Gasteiger charge is 2.82. The van der Waals surface area contributed by atoms with E-state index in [4.69, 9.17) is 9.47 Å². The van der Waals surface area contributed by atoms with Crippen LogP contribution in [-0.2, 0) is 16.6 Å². The maximum absolute atomic E-state index is 12.2. The molecule has 1 aromatic rings. The van der Waals surface area contributed by atoms with Crippen LogP contribution in [0.5, 0.6) is 11.5 Å². The molecule has 2 heterocycles. The van der Waals surface area contributed by atoms with Gasteiger partial charge in [-0.25, -0.2) is 0 Å². The molecular weight excluding hydrogens is 438 g/mol. The van der Waals surface area contributed by atoms with Crippen molar-refractivity contribution < 1.29 is 19.7 Å². The number of fused-ring (bicyclic) bond motifs is 2. The van der Waals surface area contributed by atoms with Crippen molar-refractivity contribution in [1.82, 2.24) is 4.90 Å². The molecule has 4 fully saturated rings. The minimum Gasteiger partial charge on any atom is -0.504 e. The fourth-order valence-electron chi connectivity index (χ4n) is 9.48. The van der Waals surface area contributed by atoms with Gasteiger partial charge in [0.05, 0.1) is 5.60 Å². The van der Waals surface area contributed by atoms with Gasteiger partial charge in [0, 0.05) is 42.0 Å². The second-order valence-corrected chi connectivity index (χ2v) is 13.9. The number of hydrogen-bond acceptors (Lipinski definition) is 5. The zero-order valence-electron chi connectivity index (χ0n) is 22.8. The molecule has 1 saturated heterocycles. The molecule has 0 radical (unpaired) electrons. The first kappa shape index (κ1) is 24.1. The molecule has 5 nitrogen and oxygen atoms in total. The first-order valence-electron chi connectivity index (χ1n) is 13.9. The number of rotatable bonds is 5. The highest BCUT2D eigenvalue weighted by atomic mass is 16.6. The summed E-state index contributed by atoms with van der Waals surface area (Å²) >= 11 is 0. The number of hydrogen-bond donors (Lipinski definition) is 2. The second kappa shape index (κ2) is 7.17. The molecule has 8 unspecified atom stereocenters. The summed E-state index contributed by atoms with van der Waals surface area (Å²) in [5, 5.41) is 23.2. The first-order valence-corrected chi connectivity index (χ1v) is 13.9. The lowest BCUT2D eigenvalue weighted by molar-refractivity contribution is -0.312. The van der Waals surface area contributed by atoms with Gasteiger partial charge >= 0.3 is 0 Å². The summed E-state index contributed by atoms with van der Waals surface area (Å²) < 4.78 is 13.5. The van der Waals surface area contributed by atoms with Gasteiger partial charge in [0.2, 0.25) is 0 Å². The number of benzene rings is 1. The summed E-state index contributed by atoms with van der Waals surface area (Å²) in [4.78, 5) is 2.79. The Hall–Kier alpha value is -1.30. The lowest BCUT2D eigenvalue weighted by Crippen LogP contribution is -2.83. The third-order valence-corrected chi connectivity index (χ3v) is 11.9. The van der Waals surface area contributed by atoms with E-state index in [-0.39, 0.29) is 34.0 Å². The SMILES string of the molecule is CCC(C)CN1CCC23c4c5ccc(O)c4OC2C2(OC)CCC3(CC2C(C)(O)C(C)(C)C)C1C5. The summed E-state index contributed by atoms with van der Waals surface area (Å²) in [5.74, 6) is 1.57. The van der Waals surface area contributed by atoms with Crippen molar-refractivity contribution >= 4 is 0 Å². The Morgan fingerprint density at radius 3 is 2.60 bits per heavy atom. The average molecular weight is 484 g/mol. The number of likely N-dealkylation sites (tertiary alicyclic amines) is 1. The molecule has 5 heteroatoms. The second-order valence-electron chi connectivity index (χ2n) is 13.9. The maximum atomic E-state index is 12.2. The van der Waals surface area contributed by atoms with E-state index in [0.717, 1.165) is 45.2 Å². The molecule has 35 heavy (non-hydrogen) atoms. The van der Waals surface area contributed by atoms with Crippen molar-refractivity contribution in [2.24, 2.45) is 22.7 Å². The number of nitrogens with zero attached hydrogens (tertiary/aromatic N) is 1. The van der Waals surface area contributed by atoms with Crippen molar-refractivity contribution in [3.63, 3.8) is 0 Å². The molecule has 0 aromatic heterocycles. The molecular formula is C30H45NO4. The van der Waals surface area contributed by atoms with E-state index in [1.807, 2.05) is 20.1 Å². The lowest BCUT2D eigenvalue weighted by atomic mass is 9.33. The monoisotopic (exact) mass is 483 g/mol. The van der Waals surface area contributed by atoms with Gasteiger partial charge in [-0.3, -0.25) is 4.90 Å². The molecule has 2 spiro atoms. The van der Waals surface area contributed by atoms with E-state index in [1.165, 1.54) is 17.5 Å². The highest BCUT2D eigenvalue weighted by Crippen LogP contribution is 2.78. The Labute approximate surface area is 211 Å². The summed E-state index contributed by atoms with van der Waals surface area (Å²) in [7, 11) is 1.83. The van der Waals surface area contributed by atoms with E-state index < -0.39 is 11.2 Å². The van der Waals surface area contributed by atoms with Gasteiger partial charge < -0.3 is 19.7 Å². The van der Waals surface area contributed by atoms with Crippen LogP contribution >= 0.6 is 0 Å². The summed E-state index contributed by atoms with van der Waals surface area (Å²) in [6.07, 6.45) is 5.97. The van der Waals surface area contributed by atoms with E-state index in [9.17, 15) is 10.2 Å². The highest BCUT2D eigenvalue weighted by molar-refractivity contribution is 5.63. The molecule has 0 amide bonds. The van der Waals surface area contributed by atoms with E-state index in [1.54, 1.807) is 0 Å².